The summed E-state index contributed by atoms with van der Waals surface area (Å²) in [6.07, 6.45) is 11.4. The summed E-state index contributed by atoms with van der Waals surface area (Å²) >= 11 is 0. The number of hydrogen-bond donors (Lipinski definition) is 0. The maximum atomic E-state index is 10.3. The Morgan fingerprint density at radius 1 is 0.600 bits per heavy atom. The van der Waals surface area contributed by atoms with Crippen molar-refractivity contribution in [2.24, 2.45) is 0 Å². The van der Waals surface area contributed by atoms with Gasteiger partial charge >= 0.3 is 0 Å². The number of hydrogen-bond acceptors (Lipinski definition) is 3. The molecule has 0 aromatic heterocycles. The molecule has 0 N–H and O–H groups in total. The van der Waals surface area contributed by atoms with Crippen molar-refractivity contribution < 1.29 is 17.5 Å². The van der Waals surface area contributed by atoms with Crippen LogP contribution in [0.1, 0.15) is 98.8 Å². The van der Waals surface area contributed by atoms with Gasteiger partial charge in [0.2, 0.25) is 0 Å². The normalized spacial score (nSPS) is 11.9. The zero-order valence-corrected chi connectivity index (χ0v) is 18.5. The fourth-order valence-electron chi connectivity index (χ4n) is 3.11. The van der Waals surface area contributed by atoms with Crippen LogP contribution in [0.5, 0.6) is 0 Å². The van der Waals surface area contributed by atoms with Crippen LogP contribution in [0.2, 0.25) is 0 Å². The van der Waals surface area contributed by atoms with E-state index in [4.69, 9.17) is 0 Å². The molecule has 4 nitrogen and oxygen atoms in total. The van der Waals surface area contributed by atoms with Gasteiger partial charge in [0.25, 0.3) is 0 Å². The lowest BCUT2D eigenvalue weighted by Gasteiger charge is -2.34. The highest BCUT2D eigenvalue weighted by molar-refractivity contribution is 7.85. The van der Waals surface area contributed by atoms with Crippen LogP contribution in [0.3, 0.4) is 0 Å². The molecule has 5 heteroatoms. The fourth-order valence-corrected chi connectivity index (χ4v) is 3.67. The van der Waals surface area contributed by atoms with Gasteiger partial charge in [0.05, 0.1) is 36.3 Å². The summed E-state index contributed by atoms with van der Waals surface area (Å²) in [5.41, 5.74) is 0. The van der Waals surface area contributed by atoms with Crippen LogP contribution in [0.25, 0.3) is 0 Å². The molecule has 0 rings (SSSR count). The number of unbranched alkanes of at least 4 members (excludes halogenated alkanes) is 9. The van der Waals surface area contributed by atoms with E-state index in [-0.39, 0.29) is 5.75 Å². The molecule has 0 aliphatic heterocycles. The summed E-state index contributed by atoms with van der Waals surface area (Å²) in [5.74, 6) is -0.191. The molecule has 0 aliphatic rings. The molecule has 0 aliphatic carbocycles. The number of nitrogens with zero attached hydrogens (tertiary/aromatic N) is 1. The molecule has 25 heavy (non-hydrogen) atoms. The molecule has 0 spiro atoms. The molecule has 0 amide bonds. The predicted octanol–water partition coefficient (Wildman–Crippen LogP) is 5.34. The van der Waals surface area contributed by atoms with E-state index in [1.807, 2.05) is 0 Å². The summed E-state index contributed by atoms with van der Waals surface area (Å²) in [5, 5.41) is 0. The highest BCUT2D eigenvalue weighted by Crippen LogP contribution is 2.10. The van der Waals surface area contributed by atoms with E-state index in [1.54, 1.807) is 0 Å². The largest absolute Gasteiger partial charge is 0.748 e. The van der Waals surface area contributed by atoms with Crippen molar-refractivity contribution in [2.75, 3.05) is 31.9 Å². The second-order valence-corrected chi connectivity index (χ2v) is 8.57. The SMILES string of the molecule is CCCCCCCCCCCCS(=O)(=O)[O-].CC[N+](CC)(CC)CC. The number of quaternary nitrogens is 1. The Labute approximate surface area is 158 Å². The van der Waals surface area contributed by atoms with Gasteiger partial charge in [0.1, 0.15) is 0 Å². The Bertz CT molecular complexity index is 348. The molecule has 0 bridgehead atoms. The van der Waals surface area contributed by atoms with Crippen LogP contribution in [0.4, 0.5) is 0 Å². The molecule has 154 valence electrons. The third-order valence-corrected chi connectivity index (χ3v) is 6.22. The zero-order chi connectivity index (χ0) is 19.6. The minimum Gasteiger partial charge on any atom is -0.748 e. The lowest BCUT2D eigenvalue weighted by molar-refractivity contribution is -0.921. The van der Waals surface area contributed by atoms with Crippen molar-refractivity contribution in [3.8, 4) is 0 Å². The standard InChI is InChI=1S/C12H26O3S.C8H20N/c1-2-3-4-5-6-7-8-9-10-11-12-16(13,14)15;1-5-9(6-2,7-3)8-4/h2-12H2,1H3,(H,13,14,15);5-8H2,1-4H3/q;+1/p-1. The second kappa shape index (κ2) is 17.3. The fraction of sp³-hybridized carbons (Fsp3) is 1.00. The van der Waals surface area contributed by atoms with E-state index in [0.29, 0.717) is 6.42 Å². The molecule has 0 unspecified atom stereocenters. The summed E-state index contributed by atoms with van der Waals surface area (Å²) < 4.78 is 32.2. The molecule has 0 aromatic carbocycles. The van der Waals surface area contributed by atoms with E-state index in [2.05, 4.69) is 34.6 Å². The highest BCUT2D eigenvalue weighted by Gasteiger charge is 2.16. The van der Waals surface area contributed by atoms with Crippen LogP contribution < -0.4 is 0 Å². The van der Waals surface area contributed by atoms with Crippen LogP contribution in [0.15, 0.2) is 0 Å². The molecule has 0 aromatic rings. The minimum atomic E-state index is -3.98. The average molecular weight is 380 g/mol. The third-order valence-electron chi connectivity index (χ3n) is 5.43. The predicted molar refractivity (Wildman–Crippen MR) is 109 cm³/mol. The second-order valence-electron chi connectivity index (χ2n) is 7.05. The van der Waals surface area contributed by atoms with Gasteiger partial charge < -0.3 is 9.04 Å². The van der Waals surface area contributed by atoms with Gasteiger partial charge in [-0.25, -0.2) is 8.42 Å². The maximum absolute atomic E-state index is 10.3. The Hall–Kier alpha value is -0.130. The van der Waals surface area contributed by atoms with Crippen molar-refractivity contribution in [1.82, 2.24) is 0 Å². The Balaban J connectivity index is 0. The molecular weight excluding hydrogens is 334 g/mol. The van der Waals surface area contributed by atoms with Gasteiger partial charge in [-0.15, -0.1) is 0 Å². The lowest BCUT2D eigenvalue weighted by atomic mass is 10.1. The minimum absolute atomic E-state index is 0.191. The molecule has 0 saturated heterocycles. The molecule has 0 atom stereocenters. The van der Waals surface area contributed by atoms with Crippen molar-refractivity contribution in [1.29, 1.82) is 0 Å². The molecule has 0 fully saturated rings. The van der Waals surface area contributed by atoms with Crippen molar-refractivity contribution in [2.45, 2.75) is 98.8 Å². The van der Waals surface area contributed by atoms with E-state index in [9.17, 15) is 13.0 Å². The summed E-state index contributed by atoms with van der Waals surface area (Å²) in [4.78, 5) is 0. The average Bonchev–Trinajstić information content (AvgIpc) is 2.59. The van der Waals surface area contributed by atoms with Crippen molar-refractivity contribution >= 4 is 10.1 Å². The van der Waals surface area contributed by atoms with Crippen molar-refractivity contribution in [3.05, 3.63) is 0 Å². The highest BCUT2D eigenvalue weighted by atomic mass is 32.2. The molecular formula is C20H45NO3S. The summed E-state index contributed by atoms with van der Waals surface area (Å²) in [7, 11) is -3.98. The molecule has 0 saturated carbocycles. The van der Waals surface area contributed by atoms with E-state index in [0.717, 1.165) is 12.8 Å². The Kier molecular flexibility index (Phi) is 18.7. The third kappa shape index (κ3) is 18.5. The van der Waals surface area contributed by atoms with E-state index < -0.39 is 10.1 Å². The molecule has 0 heterocycles. The first-order valence-electron chi connectivity index (χ1n) is 10.6. The first kappa shape index (κ1) is 27.1. The van der Waals surface area contributed by atoms with Crippen LogP contribution in [-0.2, 0) is 10.1 Å². The van der Waals surface area contributed by atoms with E-state index in [1.165, 1.54) is 75.6 Å². The molecule has 0 radical (unpaired) electrons. The van der Waals surface area contributed by atoms with Gasteiger partial charge in [-0.05, 0) is 34.1 Å². The van der Waals surface area contributed by atoms with E-state index >= 15 is 0 Å². The zero-order valence-electron chi connectivity index (χ0n) is 17.7. The maximum Gasteiger partial charge on any atom is 0.0945 e. The Morgan fingerprint density at radius 3 is 1.16 bits per heavy atom. The Morgan fingerprint density at radius 2 is 0.920 bits per heavy atom. The van der Waals surface area contributed by atoms with Gasteiger partial charge in [0, 0.05) is 5.75 Å². The van der Waals surface area contributed by atoms with Crippen LogP contribution in [0, 0.1) is 0 Å². The monoisotopic (exact) mass is 379 g/mol. The quantitative estimate of drug-likeness (QED) is 0.219. The smallest absolute Gasteiger partial charge is 0.0945 e. The van der Waals surface area contributed by atoms with Crippen LogP contribution >= 0.6 is 0 Å². The van der Waals surface area contributed by atoms with Gasteiger partial charge in [-0.3, -0.25) is 0 Å². The lowest BCUT2D eigenvalue weighted by Crippen LogP contribution is -2.47. The van der Waals surface area contributed by atoms with Crippen LogP contribution in [-0.4, -0.2) is 49.4 Å². The van der Waals surface area contributed by atoms with Gasteiger partial charge in [-0.2, -0.15) is 0 Å². The first-order chi connectivity index (χ1) is 11.8. The summed E-state index contributed by atoms with van der Waals surface area (Å²) in [6.45, 7) is 16.4. The van der Waals surface area contributed by atoms with Crippen molar-refractivity contribution in [3.63, 3.8) is 0 Å². The topological polar surface area (TPSA) is 57.2 Å². The first-order valence-corrected chi connectivity index (χ1v) is 12.2. The number of rotatable bonds is 15. The van der Waals surface area contributed by atoms with Gasteiger partial charge in [-0.1, -0.05) is 64.7 Å². The van der Waals surface area contributed by atoms with Gasteiger partial charge in [0.15, 0.2) is 0 Å². The summed E-state index contributed by atoms with van der Waals surface area (Å²) in [6, 6.07) is 0.